The van der Waals surface area contributed by atoms with Gasteiger partial charge in [0.15, 0.2) is 0 Å². The molecule has 0 radical (unpaired) electrons. The van der Waals surface area contributed by atoms with Crippen LogP contribution in [0, 0.1) is 18.3 Å². The van der Waals surface area contributed by atoms with Crippen LogP contribution in [0.5, 0.6) is 0 Å². The van der Waals surface area contributed by atoms with Crippen LogP contribution < -0.4 is 10.6 Å². The van der Waals surface area contributed by atoms with Crippen LogP contribution in [0.25, 0.3) is 0 Å². The van der Waals surface area contributed by atoms with Gasteiger partial charge in [0.1, 0.15) is 23.5 Å². The molecule has 1 fully saturated rings. The summed E-state index contributed by atoms with van der Waals surface area (Å²) in [7, 11) is 1.78. The lowest BCUT2D eigenvalue weighted by atomic mass is 10.2. The van der Waals surface area contributed by atoms with Gasteiger partial charge in [-0.2, -0.15) is 10.4 Å². The number of nitrogens with two attached hydrogens (primary N) is 1. The van der Waals surface area contributed by atoms with Gasteiger partial charge in [0, 0.05) is 13.6 Å². The summed E-state index contributed by atoms with van der Waals surface area (Å²) in [6.45, 7) is 2.53. The number of nitrogens with zero attached hydrogens (tertiary/aromatic N) is 4. The summed E-state index contributed by atoms with van der Waals surface area (Å²) in [6, 6.07) is 1.82. The topological polar surface area (TPSA) is 87.9 Å². The average molecular weight is 233 g/mol. The molecule has 1 aliphatic rings. The van der Waals surface area contributed by atoms with Crippen LogP contribution in [0.4, 0.5) is 5.82 Å². The molecule has 17 heavy (non-hydrogen) atoms. The van der Waals surface area contributed by atoms with E-state index in [1.165, 1.54) is 0 Å². The van der Waals surface area contributed by atoms with Crippen LogP contribution in [0.1, 0.15) is 24.1 Å². The van der Waals surface area contributed by atoms with E-state index in [9.17, 15) is 4.79 Å². The molecular formula is C11H15N5O. The van der Waals surface area contributed by atoms with Crippen molar-refractivity contribution in [3.05, 3.63) is 11.3 Å². The second-order valence-electron chi connectivity index (χ2n) is 4.27. The molecule has 1 saturated heterocycles. The normalized spacial score (nSPS) is 19.4. The Kier molecular flexibility index (Phi) is 2.76. The first-order chi connectivity index (χ1) is 8.06. The second kappa shape index (κ2) is 4.09. The molecule has 6 nitrogen and oxygen atoms in total. The van der Waals surface area contributed by atoms with E-state index in [0.717, 1.165) is 19.4 Å². The van der Waals surface area contributed by atoms with Crippen molar-refractivity contribution in [3.63, 3.8) is 0 Å². The standard InChI is InChI=1S/C11H15N5O/c1-7-8(6-12)11(15(2)14-7)16-5-3-4-9(16)10(13)17/h9H,3-5H2,1-2H3,(H2,13,17). The number of carbonyl (C=O) groups is 1. The summed E-state index contributed by atoms with van der Waals surface area (Å²) < 4.78 is 1.65. The molecule has 0 saturated carbocycles. The minimum Gasteiger partial charge on any atom is -0.368 e. The molecule has 0 bridgehead atoms. The highest BCUT2D eigenvalue weighted by Gasteiger charge is 2.33. The number of carbonyl (C=O) groups excluding carboxylic acids is 1. The van der Waals surface area contributed by atoms with Crippen LogP contribution in [-0.4, -0.2) is 28.3 Å². The van der Waals surface area contributed by atoms with Gasteiger partial charge in [-0.25, -0.2) is 0 Å². The Morgan fingerprint density at radius 1 is 1.65 bits per heavy atom. The quantitative estimate of drug-likeness (QED) is 0.782. The van der Waals surface area contributed by atoms with Crippen molar-refractivity contribution in [1.29, 1.82) is 5.26 Å². The smallest absolute Gasteiger partial charge is 0.240 e. The fourth-order valence-corrected chi connectivity index (χ4v) is 2.42. The third-order valence-electron chi connectivity index (χ3n) is 3.16. The summed E-state index contributed by atoms with van der Waals surface area (Å²) in [5.74, 6) is 0.358. The summed E-state index contributed by atoms with van der Waals surface area (Å²) in [4.78, 5) is 13.3. The molecule has 0 aliphatic carbocycles. The Balaban J connectivity index is 2.47. The zero-order valence-corrected chi connectivity index (χ0v) is 9.97. The molecule has 1 amide bonds. The first kappa shape index (κ1) is 11.5. The van der Waals surface area contributed by atoms with Gasteiger partial charge in [-0.1, -0.05) is 0 Å². The molecule has 90 valence electrons. The van der Waals surface area contributed by atoms with Crippen molar-refractivity contribution in [2.24, 2.45) is 12.8 Å². The van der Waals surface area contributed by atoms with E-state index >= 15 is 0 Å². The number of amides is 1. The van der Waals surface area contributed by atoms with Crippen molar-refractivity contribution in [1.82, 2.24) is 9.78 Å². The maximum atomic E-state index is 11.4. The molecule has 1 aromatic rings. The Morgan fingerprint density at radius 3 is 2.94 bits per heavy atom. The summed E-state index contributed by atoms with van der Waals surface area (Å²) in [5, 5.41) is 13.4. The molecule has 2 heterocycles. The molecule has 6 heteroatoms. The first-order valence-electron chi connectivity index (χ1n) is 5.56. The number of aromatic nitrogens is 2. The lowest BCUT2D eigenvalue weighted by Gasteiger charge is -2.24. The highest BCUT2D eigenvalue weighted by molar-refractivity contribution is 5.84. The van der Waals surface area contributed by atoms with Crippen LogP contribution in [0.15, 0.2) is 0 Å². The second-order valence-corrected chi connectivity index (χ2v) is 4.27. The zero-order valence-electron chi connectivity index (χ0n) is 9.97. The van der Waals surface area contributed by atoms with Crippen LogP contribution in [0.2, 0.25) is 0 Å². The van der Waals surface area contributed by atoms with Crippen molar-refractivity contribution >= 4 is 11.7 Å². The van der Waals surface area contributed by atoms with Gasteiger partial charge in [-0.3, -0.25) is 9.48 Å². The van der Waals surface area contributed by atoms with Gasteiger partial charge in [-0.05, 0) is 19.8 Å². The molecule has 0 spiro atoms. The highest BCUT2D eigenvalue weighted by Crippen LogP contribution is 2.29. The fourth-order valence-electron chi connectivity index (χ4n) is 2.42. The van der Waals surface area contributed by atoms with Gasteiger partial charge in [0.2, 0.25) is 5.91 Å². The predicted molar refractivity (Wildman–Crippen MR) is 62.2 cm³/mol. The molecule has 1 unspecified atom stereocenters. The van der Waals surface area contributed by atoms with Crippen LogP contribution in [0.3, 0.4) is 0 Å². The Morgan fingerprint density at radius 2 is 2.35 bits per heavy atom. The van der Waals surface area contributed by atoms with Crippen LogP contribution >= 0.6 is 0 Å². The number of hydrogen-bond acceptors (Lipinski definition) is 4. The van der Waals surface area contributed by atoms with Crippen LogP contribution in [-0.2, 0) is 11.8 Å². The van der Waals surface area contributed by atoms with Crippen molar-refractivity contribution in [2.45, 2.75) is 25.8 Å². The minimum atomic E-state index is -0.342. The van der Waals surface area contributed by atoms with E-state index < -0.39 is 0 Å². The number of anilines is 1. The first-order valence-corrected chi connectivity index (χ1v) is 5.56. The summed E-state index contributed by atoms with van der Waals surface area (Å²) in [5.41, 5.74) is 6.59. The number of aryl methyl sites for hydroxylation is 2. The molecule has 1 aliphatic heterocycles. The third-order valence-corrected chi connectivity index (χ3v) is 3.16. The van der Waals surface area contributed by atoms with Gasteiger partial charge in [0.25, 0.3) is 0 Å². The lowest BCUT2D eigenvalue weighted by molar-refractivity contribution is -0.119. The minimum absolute atomic E-state index is 0.322. The summed E-state index contributed by atoms with van der Waals surface area (Å²) in [6.07, 6.45) is 1.65. The largest absolute Gasteiger partial charge is 0.368 e. The fraction of sp³-hybridized carbons (Fsp3) is 0.545. The average Bonchev–Trinajstić information content (AvgIpc) is 2.81. The molecule has 1 aromatic heterocycles. The van der Waals surface area contributed by atoms with E-state index in [-0.39, 0.29) is 11.9 Å². The van der Waals surface area contributed by atoms with Crippen molar-refractivity contribution in [2.75, 3.05) is 11.4 Å². The summed E-state index contributed by atoms with van der Waals surface area (Å²) >= 11 is 0. The molecule has 0 aromatic carbocycles. The Bertz CT molecular complexity index is 499. The van der Waals surface area contributed by atoms with Gasteiger partial charge < -0.3 is 10.6 Å². The maximum absolute atomic E-state index is 11.4. The number of hydrogen-bond donors (Lipinski definition) is 1. The lowest BCUT2D eigenvalue weighted by Crippen LogP contribution is -2.41. The highest BCUT2D eigenvalue weighted by atomic mass is 16.1. The Labute approximate surface area is 99.6 Å². The predicted octanol–water partition coefficient (Wildman–Crippen LogP) is 0.0543. The monoisotopic (exact) mass is 233 g/mol. The van der Waals surface area contributed by atoms with Crippen molar-refractivity contribution in [3.8, 4) is 6.07 Å². The zero-order chi connectivity index (χ0) is 12.6. The number of primary amides is 1. The maximum Gasteiger partial charge on any atom is 0.240 e. The van der Waals surface area contributed by atoms with E-state index in [4.69, 9.17) is 11.0 Å². The molecule has 2 N–H and O–H groups in total. The number of rotatable bonds is 2. The molecule has 2 rings (SSSR count). The van der Waals surface area contributed by atoms with Gasteiger partial charge in [-0.15, -0.1) is 0 Å². The SMILES string of the molecule is Cc1nn(C)c(N2CCCC2C(N)=O)c1C#N. The molecular weight excluding hydrogens is 218 g/mol. The van der Waals surface area contributed by atoms with Crippen molar-refractivity contribution < 1.29 is 4.79 Å². The van der Waals surface area contributed by atoms with E-state index in [0.29, 0.717) is 17.1 Å². The number of nitriles is 1. The van der Waals surface area contributed by atoms with E-state index in [1.54, 1.807) is 18.7 Å². The van der Waals surface area contributed by atoms with Gasteiger partial charge in [0.05, 0.1) is 5.69 Å². The van der Waals surface area contributed by atoms with E-state index in [1.807, 2.05) is 4.90 Å². The van der Waals surface area contributed by atoms with Gasteiger partial charge >= 0.3 is 0 Å². The Hall–Kier alpha value is -2.03. The van der Waals surface area contributed by atoms with E-state index in [2.05, 4.69) is 11.2 Å². The molecule has 1 atom stereocenters. The third kappa shape index (κ3) is 1.73.